The second-order valence-electron chi connectivity index (χ2n) is 5.05. The third-order valence-corrected chi connectivity index (χ3v) is 4.44. The van der Waals surface area contributed by atoms with Gasteiger partial charge in [0.2, 0.25) is 0 Å². The molecule has 23 heavy (non-hydrogen) atoms. The maximum absolute atomic E-state index is 12.5. The van der Waals surface area contributed by atoms with Crippen LogP contribution in [0, 0.1) is 13.8 Å². The molecule has 2 aromatic rings. The fourth-order valence-corrected chi connectivity index (χ4v) is 3.29. The number of aliphatic carboxylic acids is 1. The van der Waals surface area contributed by atoms with Crippen LogP contribution in [-0.2, 0) is 4.79 Å². The molecule has 0 aromatic carbocycles. The van der Waals surface area contributed by atoms with Crippen molar-refractivity contribution in [1.82, 2.24) is 15.5 Å². The number of fused-ring (bicyclic) bond motifs is 1. The summed E-state index contributed by atoms with van der Waals surface area (Å²) >= 11 is 1.15. The zero-order valence-corrected chi connectivity index (χ0v) is 13.3. The minimum absolute atomic E-state index is 0.296. The summed E-state index contributed by atoms with van der Waals surface area (Å²) in [5, 5.41) is 20.4. The molecule has 1 aliphatic heterocycles. The van der Waals surface area contributed by atoms with Crippen LogP contribution in [0.1, 0.15) is 32.7 Å². The lowest BCUT2D eigenvalue weighted by Crippen LogP contribution is -2.34. The van der Waals surface area contributed by atoms with Gasteiger partial charge in [-0.25, -0.2) is 4.79 Å². The molecule has 0 saturated carbocycles. The van der Waals surface area contributed by atoms with Gasteiger partial charge in [-0.15, -0.1) is 11.3 Å². The number of carbonyl (C=O) groups excluding carboxylic acids is 1. The fourth-order valence-electron chi connectivity index (χ4n) is 2.46. The Morgan fingerprint density at radius 2 is 2.13 bits per heavy atom. The third kappa shape index (κ3) is 2.74. The molecular formula is C14H15N3O5S. The summed E-state index contributed by atoms with van der Waals surface area (Å²) in [6.45, 7) is 4.18. The molecule has 3 heterocycles. The van der Waals surface area contributed by atoms with Crippen molar-refractivity contribution in [2.24, 2.45) is 0 Å². The lowest BCUT2D eigenvalue weighted by atomic mass is 10.0. The van der Waals surface area contributed by atoms with Gasteiger partial charge >= 0.3 is 5.97 Å². The molecule has 1 atom stereocenters. The first-order valence-corrected chi connectivity index (χ1v) is 7.79. The minimum Gasteiger partial charge on any atom is -0.485 e. The van der Waals surface area contributed by atoms with Crippen molar-refractivity contribution in [3.8, 4) is 11.5 Å². The molecule has 0 bridgehead atoms. The molecular weight excluding hydrogens is 322 g/mol. The van der Waals surface area contributed by atoms with Crippen LogP contribution in [0.4, 0.5) is 0 Å². The molecule has 2 aromatic heterocycles. The van der Waals surface area contributed by atoms with Crippen LogP contribution in [0.25, 0.3) is 0 Å². The molecule has 9 heteroatoms. The number of H-pyrrole nitrogens is 1. The maximum Gasteiger partial charge on any atom is 0.331 e. The number of aromatic nitrogens is 2. The van der Waals surface area contributed by atoms with Crippen LogP contribution in [0.2, 0.25) is 0 Å². The van der Waals surface area contributed by atoms with Crippen molar-refractivity contribution in [1.29, 1.82) is 0 Å². The second-order valence-corrected chi connectivity index (χ2v) is 5.93. The number of rotatable bonds is 4. The molecule has 3 rings (SSSR count). The summed E-state index contributed by atoms with van der Waals surface area (Å²) in [6.07, 6.45) is 0. The summed E-state index contributed by atoms with van der Waals surface area (Å²) < 4.78 is 10.8. The SMILES string of the molecule is Cc1n[nH]c(C)c1[C@H](NC(=O)c1scc2c1OCCO2)C(=O)O. The zero-order chi connectivity index (χ0) is 16.6. The van der Waals surface area contributed by atoms with E-state index in [1.807, 2.05) is 0 Å². The van der Waals surface area contributed by atoms with Gasteiger partial charge in [-0.3, -0.25) is 9.89 Å². The number of nitrogens with one attached hydrogen (secondary N) is 2. The Morgan fingerprint density at radius 3 is 2.78 bits per heavy atom. The Morgan fingerprint density at radius 1 is 1.39 bits per heavy atom. The van der Waals surface area contributed by atoms with Crippen molar-refractivity contribution < 1.29 is 24.2 Å². The van der Waals surface area contributed by atoms with Crippen molar-refractivity contribution in [2.45, 2.75) is 19.9 Å². The van der Waals surface area contributed by atoms with Crippen LogP contribution < -0.4 is 14.8 Å². The molecule has 1 aliphatic rings. The van der Waals surface area contributed by atoms with E-state index in [2.05, 4.69) is 15.5 Å². The Labute approximate surface area is 135 Å². The first kappa shape index (κ1) is 15.3. The average Bonchev–Trinajstić information content (AvgIpc) is 3.09. The Bertz CT molecular complexity index is 747. The molecule has 122 valence electrons. The van der Waals surface area contributed by atoms with Crippen LogP contribution in [0.5, 0.6) is 11.5 Å². The highest BCUT2D eigenvalue weighted by molar-refractivity contribution is 7.12. The molecule has 8 nitrogen and oxygen atoms in total. The number of hydrogen-bond acceptors (Lipinski definition) is 6. The van der Waals surface area contributed by atoms with E-state index in [0.29, 0.717) is 46.5 Å². The van der Waals surface area contributed by atoms with Gasteiger partial charge in [0.1, 0.15) is 18.1 Å². The number of carboxylic acids is 1. The average molecular weight is 337 g/mol. The van der Waals surface area contributed by atoms with Gasteiger partial charge in [-0.1, -0.05) is 0 Å². The number of ether oxygens (including phenoxy) is 2. The number of carbonyl (C=O) groups is 2. The van der Waals surface area contributed by atoms with Crippen LogP contribution in [0.3, 0.4) is 0 Å². The highest BCUT2D eigenvalue weighted by atomic mass is 32.1. The number of aryl methyl sites for hydroxylation is 2. The van der Waals surface area contributed by atoms with Gasteiger partial charge in [-0.2, -0.15) is 5.10 Å². The minimum atomic E-state index is -1.19. The molecule has 0 unspecified atom stereocenters. The summed E-state index contributed by atoms with van der Waals surface area (Å²) in [6, 6.07) is -1.19. The number of carboxylic acid groups (broad SMARTS) is 1. The quantitative estimate of drug-likeness (QED) is 0.777. The normalized spacial score (nSPS) is 14.3. The number of aromatic amines is 1. The fraction of sp³-hybridized carbons (Fsp3) is 0.357. The van der Waals surface area contributed by atoms with Gasteiger partial charge in [-0.05, 0) is 13.8 Å². The van der Waals surface area contributed by atoms with Gasteiger partial charge in [0.25, 0.3) is 5.91 Å². The predicted octanol–water partition coefficient (Wildman–Crippen LogP) is 1.41. The van der Waals surface area contributed by atoms with Gasteiger partial charge < -0.3 is 19.9 Å². The Kier molecular flexibility index (Phi) is 3.95. The molecule has 0 spiro atoms. The molecule has 0 saturated heterocycles. The van der Waals surface area contributed by atoms with E-state index < -0.39 is 17.9 Å². The van der Waals surface area contributed by atoms with E-state index in [1.54, 1.807) is 19.2 Å². The number of hydrogen-bond donors (Lipinski definition) is 3. The molecule has 3 N–H and O–H groups in total. The van der Waals surface area contributed by atoms with Crippen molar-refractivity contribution in [3.05, 3.63) is 27.2 Å². The van der Waals surface area contributed by atoms with Gasteiger partial charge in [0.05, 0.1) is 5.69 Å². The van der Waals surface area contributed by atoms with Crippen LogP contribution in [0.15, 0.2) is 5.38 Å². The molecule has 0 aliphatic carbocycles. The van der Waals surface area contributed by atoms with Gasteiger partial charge in [0, 0.05) is 16.6 Å². The molecule has 0 fully saturated rings. The lowest BCUT2D eigenvalue weighted by molar-refractivity contribution is -0.139. The monoisotopic (exact) mass is 337 g/mol. The maximum atomic E-state index is 12.5. The standard InChI is InChI=1S/C14H15N3O5S/c1-6-9(7(2)17-16-6)10(14(19)20)15-13(18)12-11-8(5-23-12)21-3-4-22-11/h5,10H,3-4H2,1-2H3,(H,15,18)(H,16,17)(H,19,20)/t10-/m0/s1. The summed E-state index contributed by atoms with van der Waals surface area (Å²) in [7, 11) is 0. The van der Waals surface area contributed by atoms with Crippen LogP contribution >= 0.6 is 11.3 Å². The molecule has 0 radical (unpaired) electrons. The topological polar surface area (TPSA) is 114 Å². The zero-order valence-electron chi connectivity index (χ0n) is 12.5. The van der Waals surface area contributed by atoms with Crippen molar-refractivity contribution >= 4 is 23.2 Å². The first-order valence-electron chi connectivity index (χ1n) is 6.91. The third-order valence-electron chi connectivity index (χ3n) is 3.50. The van der Waals surface area contributed by atoms with Crippen LogP contribution in [-0.4, -0.2) is 40.4 Å². The summed E-state index contributed by atoms with van der Waals surface area (Å²) in [4.78, 5) is 24.4. The van der Waals surface area contributed by atoms with E-state index in [4.69, 9.17) is 9.47 Å². The van der Waals surface area contributed by atoms with E-state index in [-0.39, 0.29) is 0 Å². The van der Waals surface area contributed by atoms with E-state index in [9.17, 15) is 14.7 Å². The van der Waals surface area contributed by atoms with Crippen molar-refractivity contribution in [3.63, 3.8) is 0 Å². The number of amides is 1. The Balaban J connectivity index is 1.88. The first-order chi connectivity index (χ1) is 11.0. The second kappa shape index (κ2) is 5.92. The molecule has 1 amide bonds. The highest BCUT2D eigenvalue weighted by Gasteiger charge is 2.30. The Hall–Kier alpha value is -2.55. The number of thiophene rings is 1. The summed E-state index contributed by atoms with van der Waals surface area (Å²) in [5.74, 6) is -0.805. The van der Waals surface area contributed by atoms with Crippen molar-refractivity contribution in [2.75, 3.05) is 13.2 Å². The largest absolute Gasteiger partial charge is 0.485 e. The smallest absolute Gasteiger partial charge is 0.331 e. The van der Waals surface area contributed by atoms with Gasteiger partial charge in [0.15, 0.2) is 17.5 Å². The highest BCUT2D eigenvalue weighted by Crippen LogP contribution is 2.39. The number of nitrogens with zero attached hydrogens (tertiary/aromatic N) is 1. The predicted molar refractivity (Wildman–Crippen MR) is 81.2 cm³/mol. The van der Waals surface area contributed by atoms with E-state index in [0.717, 1.165) is 11.3 Å². The van der Waals surface area contributed by atoms with E-state index in [1.165, 1.54) is 0 Å². The summed E-state index contributed by atoms with van der Waals surface area (Å²) in [5.41, 5.74) is 1.58. The van der Waals surface area contributed by atoms with E-state index >= 15 is 0 Å². The lowest BCUT2D eigenvalue weighted by Gasteiger charge is -2.17.